The van der Waals surface area contributed by atoms with E-state index in [1.807, 2.05) is 0 Å². The number of benzene rings is 1. The van der Waals surface area contributed by atoms with Gasteiger partial charge in [0.05, 0.1) is 4.47 Å². The minimum Gasteiger partial charge on any atom is -0.337 e. The maximum Gasteiger partial charge on any atom is 0.259 e. The Morgan fingerprint density at radius 2 is 2.17 bits per heavy atom. The molecule has 0 aliphatic carbocycles. The highest BCUT2D eigenvalue weighted by Gasteiger charge is 2.27. The van der Waals surface area contributed by atoms with Crippen molar-refractivity contribution >= 4 is 21.8 Å². The van der Waals surface area contributed by atoms with Crippen LogP contribution in [-0.4, -0.2) is 29.9 Å². The molecule has 0 unspecified atom stereocenters. The fourth-order valence-electron chi connectivity index (χ4n) is 2.08. The molecular weight excluding hydrogens is 306 g/mol. The summed E-state index contributed by atoms with van der Waals surface area (Å²) < 4.78 is 27.5. The average Bonchev–Trinajstić information content (AvgIpc) is 2.34. The fraction of sp³-hybridized carbons (Fsp3) is 0.417. The number of piperidine rings is 1. The molecule has 1 aromatic carbocycles. The number of carbonyl (C=O) groups excluding carboxylic acids is 1. The molecule has 2 N–H and O–H groups in total. The number of hydrogen-bond acceptors (Lipinski definition) is 2. The van der Waals surface area contributed by atoms with E-state index < -0.39 is 23.1 Å². The number of rotatable bonds is 1. The lowest BCUT2D eigenvalue weighted by molar-refractivity contribution is 0.0698. The predicted molar refractivity (Wildman–Crippen MR) is 67.2 cm³/mol. The van der Waals surface area contributed by atoms with E-state index in [-0.39, 0.29) is 10.5 Å². The van der Waals surface area contributed by atoms with E-state index in [0.29, 0.717) is 13.1 Å². The van der Waals surface area contributed by atoms with Crippen LogP contribution in [0.1, 0.15) is 23.2 Å². The van der Waals surface area contributed by atoms with Crippen LogP contribution in [0, 0.1) is 11.6 Å². The van der Waals surface area contributed by atoms with Gasteiger partial charge in [0.15, 0.2) is 5.82 Å². The van der Waals surface area contributed by atoms with Crippen molar-refractivity contribution in [3.05, 3.63) is 33.8 Å². The average molecular weight is 319 g/mol. The molecular formula is C12H13BrF2N2O. The first-order chi connectivity index (χ1) is 8.50. The quantitative estimate of drug-likeness (QED) is 0.808. The van der Waals surface area contributed by atoms with E-state index in [1.165, 1.54) is 11.0 Å². The van der Waals surface area contributed by atoms with Crippen molar-refractivity contribution in [2.75, 3.05) is 13.1 Å². The van der Waals surface area contributed by atoms with Crippen LogP contribution in [0.15, 0.2) is 16.6 Å². The van der Waals surface area contributed by atoms with Gasteiger partial charge in [0.1, 0.15) is 11.4 Å². The standard InChI is InChI=1S/C12H13BrF2N2O/c13-8-3-4-9(14)10(11(8)15)12(18)17-5-1-2-7(16)6-17/h3-4,7H,1-2,5-6,16H2/t7-/m1/s1. The predicted octanol–water partition coefficient (Wildman–Crippen LogP) is 2.29. The molecule has 0 bridgehead atoms. The fourth-order valence-corrected chi connectivity index (χ4v) is 2.41. The first-order valence-electron chi connectivity index (χ1n) is 5.69. The van der Waals surface area contributed by atoms with Gasteiger partial charge in [-0.15, -0.1) is 0 Å². The van der Waals surface area contributed by atoms with Crippen molar-refractivity contribution in [2.45, 2.75) is 18.9 Å². The first kappa shape index (κ1) is 13.4. The molecule has 98 valence electrons. The number of nitrogens with two attached hydrogens (primary N) is 1. The summed E-state index contributed by atoms with van der Waals surface area (Å²) in [5.74, 6) is -2.35. The summed E-state index contributed by atoms with van der Waals surface area (Å²) in [7, 11) is 0. The number of halogens is 3. The molecule has 1 aliphatic rings. The molecule has 1 atom stereocenters. The van der Waals surface area contributed by atoms with Crippen LogP contribution in [0.5, 0.6) is 0 Å². The zero-order valence-corrected chi connectivity index (χ0v) is 11.2. The molecule has 0 spiro atoms. The van der Waals surface area contributed by atoms with Crippen molar-refractivity contribution in [3.8, 4) is 0 Å². The highest BCUT2D eigenvalue weighted by molar-refractivity contribution is 9.10. The van der Waals surface area contributed by atoms with Gasteiger partial charge >= 0.3 is 0 Å². The highest BCUT2D eigenvalue weighted by Crippen LogP contribution is 2.24. The van der Waals surface area contributed by atoms with E-state index in [0.717, 1.165) is 18.9 Å². The lowest BCUT2D eigenvalue weighted by Gasteiger charge is -2.31. The number of amides is 1. The van der Waals surface area contributed by atoms with Gasteiger partial charge in [-0.25, -0.2) is 8.78 Å². The van der Waals surface area contributed by atoms with E-state index in [9.17, 15) is 13.6 Å². The van der Waals surface area contributed by atoms with E-state index in [2.05, 4.69) is 15.9 Å². The Labute approximate surface area is 112 Å². The second kappa shape index (κ2) is 5.32. The van der Waals surface area contributed by atoms with Gasteiger partial charge < -0.3 is 10.6 Å². The Balaban J connectivity index is 2.31. The molecule has 2 rings (SSSR count). The molecule has 1 fully saturated rings. The number of carbonyl (C=O) groups is 1. The maximum absolute atomic E-state index is 13.8. The van der Waals surface area contributed by atoms with Gasteiger partial charge in [0.25, 0.3) is 5.91 Å². The molecule has 3 nitrogen and oxygen atoms in total. The first-order valence-corrected chi connectivity index (χ1v) is 6.48. The van der Waals surface area contributed by atoms with Crippen LogP contribution >= 0.6 is 15.9 Å². The monoisotopic (exact) mass is 318 g/mol. The second-order valence-electron chi connectivity index (χ2n) is 4.37. The SMILES string of the molecule is N[C@@H]1CCCN(C(=O)c2c(F)ccc(Br)c2F)C1. The molecule has 1 aromatic rings. The van der Waals surface area contributed by atoms with Crippen molar-refractivity contribution in [2.24, 2.45) is 5.73 Å². The van der Waals surface area contributed by atoms with Crippen LogP contribution < -0.4 is 5.73 Å². The summed E-state index contributed by atoms with van der Waals surface area (Å²) in [6, 6.07) is 2.19. The molecule has 1 aliphatic heterocycles. The molecule has 0 aromatic heterocycles. The Bertz CT molecular complexity index is 481. The molecule has 18 heavy (non-hydrogen) atoms. The topological polar surface area (TPSA) is 46.3 Å². The Morgan fingerprint density at radius 1 is 1.44 bits per heavy atom. The molecule has 0 radical (unpaired) electrons. The maximum atomic E-state index is 13.8. The molecule has 0 saturated carbocycles. The van der Waals surface area contributed by atoms with Crippen molar-refractivity contribution in [3.63, 3.8) is 0 Å². The smallest absolute Gasteiger partial charge is 0.259 e. The van der Waals surface area contributed by atoms with Crippen molar-refractivity contribution in [1.29, 1.82) is 0 Å². The number of nitrogens with zero attached hydrogens (tertiary/aromatic N) is 1. The minimum atomic E-state index is -0.862. The van der Waals surface area contributed by atoms with Gasteiger partial charge in [-0.05, 0) is 40.9 Å². The molecule has 1 heterocycles. The summed E-state index contributed by atoms with van der Waals surface area (Å²) in [6.07, 6.45) is 1.58. The van der Waals surface area contributed by atoms with Gasteiger partial charge in [-0.3, -0.25) is 4.79 Å². The zero-order valence-electron chi connectivity index (χ0n) is 9.63. The van der Waals surface area contributed by atoms with Crippen LogP contribution in [0.4, 0.5) is 8.78 Å². The lowest BCUT2D eigenvalue weighted by atomic mass is 10.0. The van der Waals surface area contributed by atoms with Gasteiger partial charge in [0, 0.05) is 19.1 Å². The van der Waals surface area contributed by atoms with E-state index in [4.69, 9.17) is 5.73 Å². The highest BCUT2D eigenvalue weighted by atomic mass is 79.9. The van der Waals surface area contributed by atoms with E-state index in [1.54, 1.807) is 0 Å². The zero-order chi connectivity index (χ0) is 13.3. The summed E-state index contributed by atoms with van der Waals surface area (Å²) >= 11 is 2.95. The van der Waals surface area contributed by atoms with Gasteiger partial charge in [0.2, 0.25) is 0 Å². The summed E-state index contributed by atoms with van der Waals surface area (Å²) in [5.41, 5.74) is 5.24. The third-order valence-electron chi connectivity index (χ3n) is 3.00. The van der Waals surface area contributed by atoms with Crippen LogP contribution in [0.25, 0.3) is 0 Å². The molecule has 1 amide bonds. The Kier molecular flexibility index (Phi) is 3.97. The third-order valence-corrected chi connectivity index (χ3v) is 3.62. The van der Waals surface area contributed by atoms with Gasteiger partial charge in [-0.1, -0.05) is 0 Å². The summed E-state index contributed by atoms with van der Waals surface area (Å²) in [4.78, 5) is 13.5. The summed E-state index contributed by atoms with van der Waals surface area (Å²) in [5, 5.41) is 0. The van der Waals surface area contributed by atoms with E-state index >= 15 is 0 Å². The normalized spacial score (nSPS) is 20.0. The number of hydrogen-bond donors (Lipinski definition) is 1. The third kappa shape index (κ3) is 2.54. The molecule has 6 heteroatoms. The Hall–Kier alpha value is -1.01. The largest absolute Gasteiger partial charge is 0.337 e. The van der Waals surface area contributed by atoms with Crippen LogP contribution in [0.3, 0.4) is 0 Å². The van der Waals surface area contributed by atoms with Gasteiger partial charge in [-0.2, -0.15) is 0 Å². The lowest BCUT2D eigenvalue weighted by Crippen LogP contribution is -2.46. The van der Waals surface area contributed by atoms with Crippen LogP contribution in [-0.2, 0) is 0 Å². The number of likely N-dealkylation sites (tertiary alicyclic amines) is 1. The minimum absolute atomic E-state index is 0.0774. The van der Waals surface area contributed by atoms with Crippen molar-refractivity contribution in [1.82, 2.24) is 4.90 Å². The van der Waals surface area contributed by atoms with Crippen molar-refractivity contribution < 1.29 is 13.6 Å². The second-order valence-corrected chi connectivity index (χ2v) is 5.23. The summed E-state index contributed by atoms with van der Waals surface area (Å²) in [6.45, 7) is 0.822. The molecule has 1 saturated heterocycles. The Morgan fingerprint density at radius 3 is 2.83 bits per heavy atom. The van der Waals surface area contributed by atoms with Crippen LogP contribution in [0.2, 0.25) is 0 Å².